The van der Waals surface area contributed by atoms with E-state index in [4.69, 9.17) is 0 Å². The summed E-state index contributed by atoms with van der Waals surface area (Å²) in [5.74, 6) is 0. The molecule has 0 radical (unpaired) electrons. The predicted octanol–water partition coefficient (Wildman–Crippen LogP) is 3.20. The molecular weight excluding hydrogens is 150 g/mol. The fourth-order valence-corrected chi connectivity index (χ4v) is 1.40. The molecule has 0 saturated heterocycles. The Bertz CT molecular complexity index is 206. The van der Waals surface area contributed by atoms with E-state index in [2.05, 4.69) is 23.4 Å². The Labute approximate surface area is 73.3 Å². The average Bonchev–Trinajstić information content (AvgIpc) is 2.17. The van der Waals surface area contributed by atoms with Crippen molar-refractivity contribution in [1.29, 1.82) is 0 Å². The minimum Gasteiger partial charge on any atom is -0.150 e. The van der Waals surface area contributed by atoms with E-state index in [0.717, 1.165) is 31.3 Å². The van der Waals surface area contributed by atoms with Crippen LogP contribution in [0.25, 0.3) is 0 Å². The van der Waals surface area contributed by atoms with Gasteiger partial charge in [-0.3, -0.25) is 0 Å². The third-order valence-corrected chi connectivity index (χ3v) is 2.23. The van der Waals surface area contributed by atoms with Gasteiger partial charge in [0.15, 0.2) is 0 Å². The summed E-state index contributed by atoms with van der Waals surface area (Å²) < 4.78 is 0. The molecule has 0 fully saturated rings. The molecule has 1 aliphatic rings. The molecule has 12 heavy (non-hydrogen) atoms. The summed E-state index contributed by atoms with van der Waals surface area (Å²) in [4.78, 5) is 10.4. The Hall–Kier alpha value is -0.920. The van der Waals surface area contributed by atoms with Crippen molar-refractivity contribution in [3.8, 4) is 0 Å². The summed E-state index contributed by atoms with van der Waals surface area (Å²) in [6, 6.07) is -0.0900. The number of rotatable bonds is 1. The monoisotopic (exact) mass is 165 g/mol. The summed E-state index contributed by atoms with van der Waals surface area (Å²) in [6.07, 6.45) is 10.4. The molecule has 0 aromatic heterocycles. The number of allylic oxidation sites excluding steroid dienone is 3. The molecule has 1 unspecified atom stereocenters. The van der Waals surface area contributed by atoms with Gasteiger partial charge in [-0.05, 0) is 38.2 Å². The second-order valence-electron chi connectivity index (χ2n) is 3.20. The molecule has 1 rings (SSSR count). The number of hydrogen-bond acceptors (Lipinski definition) is 2. The Kier molecular flexibility index (Phi) is 3.71. The second kappa shape index (κ2) is 4.86. The maximum Gasteiger partial charge on any atom is 0.113 e. The molecule has 2 nitrogen and oxygen atoms in total. The van der Waals surface area contributed by atoms with E-state index < -0.39 is 0 Å². The fourth-order valence-electron chi connectivity index (χ4n) is 1.40. The zero-order valence-corrected chi connectivity index (χ0v) is 7.49. The van der Waals surface area contributed by atoms with Crippen LogP contribution in [0, 0.1) is 4.91 Å². The lowest BCUT2D eigenvalue weighted by atomic mass is 10.0. The lowest BCUT2D eigenvalue weighted by Crippen LogP contribution is -2.04. The predicted molar refractivity (Wildman–Crippen MR) is 50.9 cm³/mol. The van der Waals surface area contributed by atoms with Gasteiger partial charge in [-0.1, -0.05) is 23.4 Å². The van der Waals surface area contributed by atoms with E-state index in [1.165, 1.54) is 0 Å². The lowest BCUT2D eigenvalue weighted by Gasteiger charge is -2.06. The first-order valence-corrected chi connectivity index (χ1v) is 4.48. The van der Waals surface area contributed by atoms with Crippen LogP contribution >= 0.6 is 0 Å². The van der Waals surface area contributed by atoms with Crippen LogP contribution in [0.1, 0.15) is 32.6 Å². The smallest absolute Gasteiger partial charge is 0.113 e. The minimum atomic E-state index is -0.0900. The zero-order valence-electron chi connectivity index (χ0n) is 7.49. The minimum absolute atomic E-state index is 0.0900. The van der Waals surface area contributed by atoms with Crippen molar-refractivity contribution >= 4 is 0 Å². The van der Waals surface area contributed by atoms with Crippen molar-refractivity contribution in [2.45, 2.75) is 38.6 Å². The molecular formula is C10H15NO. The van der Waals surface area contributed by atoms with E-state index >= 15 is 0 Å². The van der Waals surface area contributed by atoms with Gasteiger partial charge >= 0.3 is 0 Å². The van der Waals surface area contributed by atoms with Crippen LogP contribution in [-0.2, 0) is 0 Å². The Morgan fingerprint density at radius 2 is 2.08 bits per heavy atom. The highest BCUT2D eigenvalue weighted by atomic mass is 16.3. The third kappa shape index (κ3) is 2.61. The van der Waals surface area contributed by atoms with Gasteiger partial charge < -0.3 is 0 Å². The summed E-state index contributed by atoms with van der Waals surface area (Å²) >= 11 is 0. The first-order valence-electron chi connectivity index (χ1n) is 4.48. The molecule has 0 saturated carbocycles. The van der Waals surface area contributed by atoms with Crippen molar-refractivity contribution in [3.63, 3.8) is 0 Å². The van der Waals surface area contributed by atoms with Crippen LogP contribution in [0.5, 0.6) is 0 Å². The van der Waals surface area contributed by atoms with Crippen LogP contribution < -0.4 is 0 Å². The molecule has 0 N–H and O–H groups in total. The van der Waals surface area contributed by atoms with Crippen molar-refractivity contribution in [1.82, 2.24) is 0 Å². The largest absolute Gasteiger partial charge is 0.150 e. The van der Waals surface area contributed by atoms with Crippen LogP contribution in [0.2, 0.25) is 0 Å². The number of nitrogens with zero attached hydrogens (tertiary/aromatic N) is 1. The summed E-state index contributed by atoms with van der Waals surface area (Å²) in [6.45, 7) is 2.00. The summed E-state index contributed by atoms with van der Waals surface area (Å²) in [5.41, 5.74) is 1.13. The van der Waals surface area contributed by atoms with E-state index in [9.17, 15) is 4.91 Å². The molecule has 2 heteroatoms. The Morgan fingerprint density at radius 3 is 2.83 bits per heavy atom. The SMILES string of the molecule is C/C1=C/CC/C=C\CCC1N=O. The quantitative estimate of drug-likeness (QED) is 0.433. The summed E-state index contributed by atoms with van der Waals surface area (Å²) in [7, 11) is 0. The molecule has 0 aromatic rings. The van der Waals surface area contributed by atoms with Crippen LogP contribution in [-0.4, -0.2) is 6.04 Å². The maximum atomic E-state index is 10.4. The molecule has 0 spiro atoms. The van der Waals surface area contributed by atoms with Gasteiger partial charge in [-0.2, -0.15) is 4.91 Å². The highest BCUT2D eigenvalue weighted by Crippen LogP contribution is 2.16. The average molecular weight is 165 g/mol. The molecule has 1 aliphatic carbocycles. The van der Waals surface area contributed by atoms with E-state index in [0.29, 0.717) is 0 Å². The molecule has 0 heterocycles. The highest BCUT2D eigenvalue weighted by Gasteiger charge is 2.09. The first kappa shape index (κ1) is 9.17. The van der Waals surface area contributed by atoms with Gasteiger partial charge in [0.05, 0.1) is 0 Å². The van der Waals surface area contributed by atoms with Gasteiger partial charge in [0.25, 0.3) is 0 Å². The summed E-state index contributed by atoms with van der Waals surface area (Å²) in [5, 5.41) is 3.12. The van der Waals surface area contributed by atoms with Crippen LogP contribution in [0.3, 0.4) is 0 Å². The first-order chi connectivity index (χ1) is 5.84. The van der Waals surface area contributed by atoms with Gasteiger partial charge in [0.2, 0.25) is 0 Å². The fraction of sp³-hybridized carbons (Fsp3) is 0.600. The standard InChI is InChI=1S/C10H15NO/c1-9-7-5-3-2-4-6-8-10(9)11-12/h2,4,7,10H,3,5-6,8H2,1H3/b4-2-,9-7-. The normalized spacial score (nSPS) is 32.1. The van der Waals surface area contributed by atoms with E-state index in [-0.39, 0.29) is 6.04 Å². The topological polar surface area (TPSA) is 29.4 Å². The van der Waals surface area contributed by atoms with Gasteiger partial charge in [0, 0.05) is 0 Å². The van der Waals surface area contributed by atoms with Crippen molar-refractivity contribution in [2.75, 3.05) is 0 Å². The molecule has 0 aliphatic heterocycles. The zero-order chi connectivity index (χ0) is 8.81. The van der Waals surface area contributed by atoms with Gasteiger partial charge in [-0.15, -0.1) is 0 Å². The lowest BCUT2D eigenvalue weighted by molar-refractivity contribution is 0.695. The molecule has 0 bridgehead atoms. The molecule has 0 amide bonds. The van der Waals surface area contributed by atoms with E-state index in [1.54, 1.807) is 0 Å². The second-order valence-corrected chi connectivity index (χ2v) is 3.20. The van der Waals surface area contributed by atoms with Crippen molar-refractivity contribution in [2.24, 2.45) is 5.18 Å². The van der Waals surface area contributed by atoms with Crippen molar-refractivity contribution < 1.29 is 0 Å². The van der Waals surface area contributed by atoms with E-state index in [1.807, 2.05) is 6.92 Å². The highest BCUT2D eigenvalue weighted by molar-refractivity contribution is 5.09. The van der Waals surface area contributed by atoms with Gasteiger partial charge in [-0.25, -0.2) is 0 Å². The Morgan fingerprint density at radius 1 is 1.33 bits per heavy atom. The third-order valence-electron chi connectivity index (χ3n) is 2.23. The number of hydrogen-bond donors (Lipinski definition) is 0. The Balaban J connectivity index is 2.63. The van der Waals surface area contributed by atoms with Crippen LogP contribution in [0.4, 0.5) is 0 Å². The number of nitroso groups, excluding NO2 is 1. The van der Waals surface area contributed by atoms with Crippen molar-refractivity contribution in [3.05, 3.63) is 28.7 Å². The maximum absolute atomic E-state index is 10.4. The molecule has 1 atom stereocenters. The molecule has 66 valence electrons. The molecule has 0 aromatic carbocycles. The van der Waals surface area contributed by atoms with Crippen LogP contribution in [0.15, 0.2) is 29.0 Å². The van der Waals surface area contributed by atoms with Gasteiger partial charge in [0.1, 0.15) is 6.04 Å².